The van der Waals surface area contributed by atoms with Crippen LogP contribution in [0.15, 0.2) is 0 Å². The zero-order valence-corrected chi connectivity index (χ0v) is 11.9. The molecule has 0 saturated carbocycles. The van der Waals surface area contributed by atoms with Gasteiger partial charge in [0.1, 0.15) is 0 Å². The molecule has 17 heavy (non-hydrogen) atoms. The fourth-order valence-corrected chi connectivity index (χ4v) is 0. The van der Waals surface area contributed by atoms with Crippen LogP contribution in [-0.4, -0.2) is 37.0 Å². The average Bonchev–Trinajstić information content (AvgIpc) is 1.77. The molecule has 0 aromatic rings. The molecule has 0 rings (SSSR count). The van der Waals surface area contributed by atoms with Crippen LogP contribution < -0.4 is 0 Å². The van der Waals surface area contributed by atoms with Gasteiger partial charge in [0.25, 0.3) is 0 Å². The molecule has 0 fully saturated rings. The number of alkyl halides is 6. The summed E-state index contributed by atoms with van der Waals surface area (Å²) in [4.78, 5) is 0. The van der Waals surface area contributed by atoms with Gasteiger partial charge in [0.15, 0.2) is 20.2 Å². The van der Waals surface area contributed by atoms with Crippen LogP contribution in [0.3, 0.4) is 0 Å². The van der Waals surface area contributed by atoms with E-state index >= 15 is 0 Å². The van der Waals surface area contributed by atoms with E-state index in [9.17, 15) is 26.3 Å². The molecule has 102 valence electrons. The Hall–Kier alpha value is 0.751. The van der Waals surface area contributed by atoms with Crippen molar-refractivity contribution in [2.24, 2.45) is 0 Å². The van der Waals surface area contributed by atoms with Gasteiger partial charge in [0, 0.05) is 0 Å². The summed E-state index contributed by atoms with van der Waals surface area (Å²) < 4.78 is 118. The maximum atomic E-state index is 10.7. The predicted octanol–water partition coefficient (Wildman–Crippen LogP) is 0.103. The van der Waals surface area contributed by atoms with Crippen molar-refractivity contribution in [3.05, 3.63) is 0 Å². The summed E-state index contributed by atoms with van der Waals surface area (Å²) in [7, 11) is -12.2. The maximum Gasteiger partial charge on any atom is 2.00 e. The van der Waals surface area contributed by atoms with Gasteiger partial charge in [-0.3, -0.25) is 0 Å². The summed E-state index contributed by atoms with van der Waals surface area (Å²) in [6.45, 7) is 0. The fourth-order valence-electron chi connectivity index (χ4n) is 0. The molecule has 0 bridgehead atoms. The van der Waals surface area contributed by atoms with Crippen molar-refractivity contribution in [1.29, 1.82) is 0 Å². The molecule has 0 aliphatic heterocycles. The second-order valence-electron chi connectivity index (χ2n) is 1.80. The summed E-state index contributed by atoms with van der Waals surface area (Å²) in [5, 5.41) is 0. The van der Waals surface area contributed by atoms with E-state index in [1.54, 1.807) is 0 Å². The Morgan fingerprint density at radius 3 is 0.706 bits per heavy atom. The minimum atomic E-state index is -6.09. The Kier molecular flexibility index (Phi) is 9.13. The first kappa shape index (κ1) is 22.9. The van der Waals surface area contributed by atoms with Gasteiger partial charge in [0.2, 0.25) is 0 Å². The summed E-state index contributed by atoms with van der Waals surface area (Å²) in [6.07, 6.45) is 0. The van der Waals surface area contributed by atoms with Crippen molar-refractivity contribution >= 4 is 20.2 Å². The SMILES string of the molecule is O=S(=O)([O-])C(F)(F)F.O=S(=O)([O-])C(F)(F)F.[Nd+2]. The van der Waals surface area contributed by atoms with E-state index in [1.807, 2.05) is 0 Å². The molecule has 0 saturated heterocycles. The third-order valence-corrected chi connectivity index (χ3v) is 1.70. The molecular weight excluding hydrogens is 442 g/mol. The van der Waals surface area contributed by atoms with E-state index in [4.69, 9.17) is 25.9 Å². The fraction of sp³-hybridized carbons (Fsp3) is 1.00. The second-order valence-corrected chi connectivity index (χ2v) is 4.54. The molecule has 0 N–H and O–H groups in total. The molecular formula is C2F6NdO6S2. The first-order valence-corrected chi connectivity index (χ1v) is 5.36. The zero-order chi connectivity index (χ0) is 14.0. The molecule has 0 radical (unpaired) electrons. The molecule has 0 aromatic heterocycles. The summed E-state index contributed by atoms with van der Waals surface area (Å²) in [5.74, 6) is 0. The van der Waals surface area contributed by atoms with E-state index in [0.29, 0.717) is 0 Å². The monoisotopic (exact) mass is 440 g/mol. The third-order valence-electron chi connectivity index (χ3n) is 0.567. The molecule has 0 unspecified atom stereocenters. The smallest absolute Gasteiger partial charge is 0.741 e. The molecule has 15 heteroatoms. The molecule has 0 heterocycles. The minimum absolute atomic E-state index is 0. The Morgan fingerprint density at radius 2 is 0.706 bits per heavy atom. The van der Waals surface area contributed by atoms with Gasteiger partial charge < -0.3 is 9.11 Å². The van der Waals surface area contributed by atoms with Crippen molar-refractivity contribution in [1.82, 2.24) is 0 Å². The van der Waals surface area contributed by atoms with Crippen molar-refractivity contribution < 1.29 is 93.1 Å². The number of hydrogen-bond donors (Lipinski definition) is 0. The zero-order valence-electron chi connectivity index (χ0n) is 7.03. The largest absolute Gasteiger partial charge is 2.00 e. The normalized spacial score (nSPS) is 13.2. The van der Waals surface area contributed by atoms with E-state index in [0.717, 1.165) is 0 Å². The quantitative estimate of drug-likeness (QED) is 0.299. The van der Waals surface area contributed by atoms with Crippen molar-refractivity contribution in [3.8, 4) is 0 Å². The van der Waals surface area contributed by atoms with Crippen LogP contribution in [0.1, 0.15) is 0 Å². The Bertz CT molecular complexity index is 374. The van der Waals surface area contributed by atoms with E-state index in [2.05, 4.69) is 0 Å². The Morgan fingerprint density at radius 1 is 0.647 bits per heavy atom. The average molecular weight is 442 g/mol. The van der Waals surface area contributed by atoms with Gasteiger partial charge in [0.05, 0.1) is 0 Å². The van der Waals surface area contributed by atoms with Crippen LogP contribution in [0.25, 0.3) is 0 Å². The van der Waals surface area contributed by atoms with Crippen LogP contribution in [0, 0.1) is 40.8 Å². The van der Waals surface area contributed by atoms with Gasteiger partial charge in [-0.1, -0.05) is 0 Å². The number of halogens is 6. The third kappa shape index (κ3) is 10.4. The van der Waals surface area contributed by atoms with Gasteiger partial charge >= 0.3 is 51.9 Å². The van der Waals surface area contributed by atoms with Crippen molar-refractivity contribution in [3.63, 3.8) is 0 Å². The molecule has 0 atom stereocenters. The van der Waals surface area contributed by atoms with Gasteiger partial charge in [-0.2, -0.15) is 26.3 Å². The number of hydrogen-bond acceptors (Lipinski definition) is 6. The van der Waals surface area contributed by atoms with Gasteiger partial charge in [-0.15, -0.1) is 0 Å². The summed E-state index contributed by atoms with van der Waals surface area (Å²) in [5.41, 5.74) is -11.3. The van der Waals surface area contributed by atoms with Crippen LogP contribution in [0.2, 0.25) is 0 Å². The first-order valence-electron chi connectivity index (χ1n) is 2.54. The van der Waals surface area contributed by atoms with E-state index in [1.165, 1.54) is 0 Å². The maximum absolute atomic E-state index is 10.7. The Labute approximate surface area is 123 Å². The topological polar surface area (TPSA) is 114 Å². The van der Waals surface area contributed by atoms with Crippen molar-refractivity contribution in [2.45, 2.75) is 11.0 Å². The molecule has 0 aliphatic rings. The number of rotatable bonds is 0. The first-order chi connectivity index (χ1) is 6.50. The second kappa shape index (κ2) is 6.78. The van der Waals surface area contributed by atoms with Crippen LogP contribution in [0.5, 0.6) is 0 Å². The van der Waals surface area contributed by atoms with Gasteiger partial charge in [-0.25, -0.2) is 16.8 Å². The predicted molar refractivity (Wildman–Crippen MR) is 31.5 cm³/mol. The Balaban J connectivity index is -0.000000218. The van der Waals surface area contributed by atoms with E-state index < -0.39 is 31.3 Å². The standard InChI is InChI=1S/2CHF3O3S.Nd/c2*2-1(3,4)8(5,6)7;/h2*(H,5,6,7);/q;;+2/p-2. The summed E-state index contributed by atoms with van der Waals surface area (Å²) in [6, 6.07) is 0. The van der Waals surface area contributed by atoms with Crippen LogP contribution in [0.4, 0.5) is 26.3 Å². The van der Waals surface area contributed by atoms with Crippen LogP contribution >= 0.6 is 0 Å². The van der Waals surface area contributed by atoms with Crippen molar-refractivity contribution in [2.75, 3.05) is 0 Å². The molecule has 0 aromatic carbocycles. The minimum Gasteiger partial charge on any atom is -0.741 e. The molecule has 0 amide bonds. The molecule has 0 spiro atoms. The van der Waals surface area contributed by atoms with Gasteiger partial charge in [-0.05, 0) is 0 Å². The molecule has 6 nitrogen and oxygen atoms in total. The van der Waals surface area contributed by atoms with E-state index in [-0.39, 0.29) is 40.8 Å². The summed E-state index contributed by atoms with van der Waals surface area (Å²) >= 11 is 0. The molecule has 0 aliphatic carbocycles. The van der Waals surface area contributed by atoms with Crippen LogP contribution in [-0.2, 0) is 20.2 Å².